The van der Waals surface area contributed by atoms with E-state index >= 15 is 0 Å². The fraction of sp³-hybridized carbons (Fsp3) is 0.455. The first-order valence-corrected chi connectivity index (χ1v) is 4.78. The number of aromatic nitrogens is 2. The lowest BCUT2D eigenvalue weighted by Crippen LogP contribution is -2.00. The van der Waals surface area contributed by atoms with Gasteiger partial charge in [0, 0.05) is 6.07 Å². The van der Waals surface area contributed by atoms with Crippen LogP contribution in [-0.4, -0.2) is 16.8 Å². The van der Waals surface area contributed by atoms with Crippen LogP contribution < -0.4 is 4.74 Å². The average molecular weight is 188 g/mol. The SMILES string of the molecule is CC#CCOc1cc2c(nn1)CCC2. The zero-order chi connectivity index (χ0) is 9.80. The van der Waals surface area contributed by atoms with Crippen molar-refractivity contribution in [2.24, 2.45) is 0 Å². The molecule has 0 atom stereocenters. The van der Waals surface area contributed by atoms with E-state index in [4.69, 9.17) is 4.74 Å². The maximum atomic E-state index is 5.32. The summed E-state index contributed by atoms with van der Waals surface area (Å²) in [7, 11) is 0. The van der Waals surface area contributed by atoms with Crippen LogP contribution in [0.2, 0.25) is 0 Å². The highest BCUT2D eigenvalue weighted by atomic mass is 16.5. The number of nitrogens with zero attached hydrogens (tertiary/aromatic N) is 2. The smallest absolute Gasteiger partial charge is 0.234 e. The monoisotopic (exact) mass is 188 g/mol. The van der Waals surface area contributed by atoms with E-state index in [0.29, 0.717) is 12.5 Å². The Morgan fingerprint density at radius 2 is 2.36 bits per heavy atom. The van der Waals surface area contributed by atoms with Crippen molar-refractivity contribution in [3.63, 3.8) is 0 Å². The van der Waals surface area contributed by atoms with Gasteiger partial charge in [-0.1, -0.05) is 5.92 Å². The highest BCUT2D eigenvalue weighted by Gasteiger charge is 2.13. The Morgan fingerprint density at radius 3 is 3.21 bits per heavy atom. The van der Waals surface area contributed by atoms with Crippen LogP contribution in [-0.2, 0) is 12.8 Å². The van der Waals surface area contributed by atoms with E-state index in [2.05, 4.69) is 22.0 Å². The summed E-state index contributed by atoms with van der Waals surface area (Å²) < 4.78 is 5.32. The lowest BCUT2D eigenvalue weighted by atomic mass is 10.2. The summed E-state index contributed by atoms with van der Waals surface area (Å²) in [5, 5.41) is 8.10. The number of fused-ring (bicyclic) bond motifs is 1. The Bertz CT molecular complexity index is 390. The second kappa shape index (κ2) is 4.10. The number of hydrogen-bond acceptors (Lipinski definition) is 3. The number of ether oxygens (including phenoxy) is 1. The molecule has 0 saturated heterocycles. The van der Waals surface area contributed by atoms with Crippen molar-refractivity contribution in [3.05, 3.63) is 17.3 Å². The Kier molecular flexibility index (Phi) is 2.64. The molecule has 0 fully saturated rings. The molecule has 1 aromatic heterocycles. The predicted molar refractivity (Wildman–Crippen MR) is 53.0 cm³/mol. The Balaban J connectivity index is 2.07. The summed E-state index contributed by atoms with van der Waals surface area (Å²) >= 11 is 0. The molecule has 0 bridgehead atoms. The van der Waals surface area contributed by atoms with Crippen molar-refractivity contribution in [1.82, 2.24) is 10.2 Å². The van der Waals surface area contributed by atoms with E-state index < -0.39 is 0 Å². The third kappa shape index (κ3) is 1.85. The van der Waals surface area contributed by atoms with Gasteiger partial charge in [-0.15, -0.1) is 11.0 Å². The maximum Gasteiger partial charge on any atom is 0.234 e. The molecule has 0 amide bonds. The second-order valence-corrected chi connectivity index (χ2v) is 3.22. The largest absolute Gasteiger partial charge is 0.463 e. The molecule has 3 nitrogen and oxygen atoms in total. The molecule has 0 saturated carbocycles. The van der Waals surface area contributed by atoms with Crippen LogP contribution in [0.5, 0.6) is 5.88 Å². The van der Waals surface area contributed by atoms with E-state index in [-0.39, 0.29) is 0 Å². The predicted octanol–water partition coefficient (Wildman–Crippen LogP) is 1.37. The molecular formula is C11H12N2O. The van der Waals surface area contributed by atoms with E-state index in [1.807, 2.05) is 6.07 Å². The van der Waals surface area contributed by atoms with E-state index in [9.17, 15) is 0 Å². The minimum absolute atomic E-state index is 0.393. The first kappa shape index (κ1) is 9.01. The van der Waals surface area contributed by atoms with Gasteiger partial charge in [-0.3, -0.25) is 0 Å². The Morgan fingerprint density at radius 1 is 1.43 bits per heavy atom. The molecule has 0 radical (unpaired) electrons. The molecule has 0 spiro atoms. The van der Waals surface area contributed by atoms with Gasteiger partial charge in [0.05, 0.1) is 5.69 Å². The molecular weight excluding hydrogens is 176 g/mol. The van der Waals surface area contributed by atoms with Crippen LogP contribution in [0.4, 0.5) is 0 Å². The maximum absolute atomic E-state index is 5.32. The third-order valence-electron chi connectivity index (χ3n) is 2.27. The molecule has 1 heterocycles. The fourth-order valence-corrected chi connectivity index (χ4v) is 1.56. The standard InChI is InChI=1S/C11H12N2O/c1-2-3-7-14-11-8-9-5-4-6-10(9)12-13-11/h8H,4-7H2,1H3. The van der Waals surface area contributed by atoms with E-state index in [1.54, 1.807) is 6.92 Å². The Hall–Kier alpha value is -1.56. The van der Waals surface area contributed by atoms with Gasteiger partial charge in [0.2, 0.25) is 5.88 Å². The molecule has 14 heavy (non-hydrogen) atoms. The molecule has 0 unspecified atom stereocenters. The quantitative estimate of drug-likeness (QED) is 0.657. The molecule has 2 rings (SSSR count). The van der Waals surface area contributed by atoms with Gasteiger partial charge >= 0.3 is 0 Å². The first-order chi connectivity index (χ1) is 6.90. The van der Waals surface area contributed by atoms with E-state index in [1.165, 1.54) is 12.0 Å². The van der Waals surface area contributed by atoms with Crippen molar-refractivity contribution in [1.29, 1.82) is 0 Å². The lowest BCUT2D eigenvalue weighted by molar-refractivity contribution is 0.349. The van der Waals surface area contributed by atoms with Crippen molar-refractivity contribution >= 4 is 0 Å². The minimum Gasteiger partial charge on any atom is -0.463 e. The van der Waals surface area contributed by atoms with Crippen molar-refractivity contribution in [2.45, 2.75) is 26.2 Å². The van der Waals surface area contributed by atoms with Crippen molar-refractivity contribution < 1.29 is 4.74 Å². The van der Waals surface area contributed by atoms with Gasteiger partial charge in [-0.2, -0.15) is 5.10 Å². The number of rotatable bonds is 2. The van der Waals surface area contributed by atoms with Gasteiger partial charge in [-0.25, -0.2) is 0 Å². The summed E-state index contributed by atoms with van der Waals surface area (Å²) in [6, 6.07) is 1.98. The summed E-state index contributed by atoms with van der Waals surface area (Å²) in [6.45, 7) is 2.18. The molecule has 3 heteroatoms. The molecule has 1 aliphatic rings. The molecule has 1 aromatic rings. The van der Waals surface area contributed by atoms with Crippen molar-refractivity contribution in [2.75, 3.05) is 6.61 Å². The summed E-state index contributed by atoms with van der Waals surface area (Å²) in [5.74, 6) is 6.18. The third-order valence-corrected chi connectivity index (χ3v) is 2.27. The highest BCUT2D eigenvalue weighted by Crippen LogP contribution is 2.21. The van der Waals surface area contributed by atoms with Gasteiger partial charge in [0.25, 0.3) is 0 Å². The van der Waals surface area contributed by atoms with Crippen molar-refractivity contribution in [3.8, 4) is 17.7 Å². The summed E-state index contributed by atoms with van der Waals surface area (Å²) in [4.78, 5) is 0. The highest BCUT2D eigenvalue weighted by molar-refractivity contribution is 5.28. The van der Waals surface area contributed by atoms with Crippen LogP contribution >= 0.6 is 0 Å². The molecule has 1 aliphatic carbocycles. The molecule has 0 aliphatic heterocycles. The number of aryl methyl sites for hydroxylation is 2. The van der Waals surface area contributed by atoms with Gasteiger partial charge in [0.15, 0.2) is 6.61 Å². The van der Waals surface area contributed by atoms with Crippen LogP contribution in [0.1, 0.15) is 24.6 Å². The second-order valence-electron chi connectivity index (χ2n) is 3.22. The van der Waals surface area contributed by atoms with Crippen LogP contribution in [0.3, 0.4) is 0 Å². The fourth-order valence-electron chi connectivity index (χ4n) is 1.56. The molecule has 0 N–H and O–H groups in total. The minimum atomic E-state index is 0.393. The molecule has 72 valence electrons. The normalized spacial score (nSPS) is 12.9. The van der Waals surface area contributed by atoms with Crippen LogP contribution in [0.15, 0.2) is 6.07 Å². The van der Waals surface area contributed by atoms with Gasteiger partial charge < -0.3 is 4.74 Å². The molecule has 0 aromatic carbocycles. The summed E-state index contributed by atoms with van der Waals surface area (Å²) in [6.07, 6.45) is 3.33. The summed E-state index contributed by atoms with van der Waals surface area (Å²) in [5.41, 5.74) is 2.40. The first-order valence-electron chi connectivity index (χ1n) is 4.78. The zero-order valence-electron chi connectivity index (χ0n) is 8.21. The Labute approximate surface area is 83.5 Å². The van der Waals surface area contributed by atoms with Crippen LogP contribution in [0.25, 0.3) is 0 Å². The number of hydrogen-bond donors (Lipinski definition) is 0. The van der Waals surface area contributed by atoms with Crippen LogP contribution in [0, 0.1) is 11.8 Å². The topological polar surface area (TPSA) is 35.0 Å². The zero-order valence-corrected chi connectivity index (χ0v) is 8.21. The van der Waals surface area contributed by atoms with Gasteiger partial charge in [0.1, 0.15) is 0 Å². The average Bonchev–Trinajstić information content (AvgIpc) is 2.65. The lowest BCUT2D eigenvalue weighted by Gasteiger charge is -2.01. The van der Waals surface area contributed by atoms with Gasteiger partial charge in [-0.05, 0) is 31.7 Å². The van der Waals surface area contributed by atoms with E-state index in [0.717, 1.165) is 18.5 Å².